The zero-order valence-electron chi connectivity index (χ0n) is 16.7. The Bertz CT molecular complexity index is 1050. The predicted molar refractivity (Wildman–Crippen MR) is 116 cm³/mol. The third kappa shape index (κ3) is 5.33. The van der Waals surface area contributed by atoms with Crippen LogP contribution in [-0.4, -0.2) is 39.6 Å². The fraction of sp³-hybridized carbons (Fsp3) is 0.261. The Hall–Kier alpha value is -3.45. The number of amides is 2. The van der Waals surface area contributed by atoms with Crippen molar-refractivity contribution in [3.63, 3.8) is 0 Å². The molecule has 30 heavy (non-hydrogen) atoms. The maximum atomic E-state index is 12.5. The van der Waals surface area contributed by atoms with Gasteiger partial charge in [0.05, 0.1) is 6.54 Å². The van der Waals surface area contributed by atoms with Crippen molar-refractivity contribution in [1.82, 2.24) is 19.8 Å². The number of carbonyl (C=O) groups excluding carboxylic acids is 1. The highest BCUT2D eigenvalue weighted by molar-refractivity contribution is 5.89. The molecule has 7 nitrogen and oxygen atoms in total. The first kappa shape index (κ1) is 19.8. The summed E-state index contributed by atoms with van der Waals surface area (Å²) in [4.78, 5) is 30.4. The lowest BCUT2D eigenvalue weighted by Gasteiger charge is -2.17. The number of urea groups is 1. The zero-order chi connectivity index (χ0) is 20.8. The smallest absolute Gasteiger partial charge is 0.334 e. The molecular weight excluding hydrogens is 378 g/mol. The third-order valence-electron chi connectivity index (χ3n) is 5.18. The number of nitrogens with zero attached hydrogens (tertiary/aromatic N) is 3. The van der Waals surface area contributed by atoms with Crippen LogP contribution in [0.2, 0.25) is 0 Å². The van der Waals surface area contributed by atoms with Crippen LogP contribution in [0.4, 0.5) is 10.5 Å². The lowest BCUT2D eigenvalue weighted by Crippen LogP contribution is -2.39. The first-order valence-electron chi connectivity index (χ1n) is 10.1. The van der Waals surface area contributed by atoms with Crippen LogP contribution in [0.5, 0.6) is 0 Å². The highest BCUT2D eigenvalue weighted by Crippen LogP contribution is 2.15. The summed E-state index contributed by atoms with van der Waals surface area (Å²) in [6.07, 6.45) is 4.11. The van der Waals surface area contributed by atoms with E-state index in [1.807, 2.05) is 42.5 Å². The number of aromatic nitrogens is 2. The van der Waals surface area contributed by atoms with Gasteiger partial charge in [0.25, 0.3) is 0 Å². The van der Waals surface area contributed by atoms with E-state index in [-0.39, 0.29) is 17.8 Å². The minimum Gasteiger partial charge on any atom is -0.334 e. The van der Waals surface area contributed by atoms with E-state index in [0.717, 1.165) is 31.6 Å². The highest BCUT2D eigenvalue weighted by atomic mass is 16.2. The van der Waals surface area contributed by atoms with Crippen LogP contribution in [0.25, 0.3) is 0 Å². The number of hydrogen-bond acceptors (Lipinski definition) is 4. The van der Waals surface area contributed by atoms with Gasteiger partial charge in [-0.3, -0.25) is 9.47 Å². The van der Waals surface area contributed by atoms with Crippen LogP contribution in [0.3, 0.4) is 0 Å². The van der Waals surface area contributed by atoms with E-state index in [4.69, 9.17) is 0 Å². The molecule has 3 aromatic rings. The van der Waals surface area contributed by atoms with Crippen molar-refractivity contribution >= 4 is 11.7 Å². The Morgan fingerprint density at radius 1 is 1.03 bits per heavy atom. The molecule has 4 rings (SSSR count). The van der Waals surface area contributed by atoms with Gasteiger partial charge in [-0.2, -0.15) is 0 Å². The summed E-state index contributed by atoms with van der Waals surface area (Å²) in [6.45, 7) is 3.11. The van der Waals surface area contributed by atoms with Gasteiger partial charge in [-0.15, -0.1) is 0 Å². The molecule has 2 amide bonds. The second kappa shape index (κ2) is 9.37. The van der Waals surface area contributed by atoms with Crippen molar-refractivity contribution in [3.8, 4) is 0 Å². The number of carbonyl (C=O) groups is 1. The third-order valence-corrected chi connectivity index (χ3v) is 5.18. The van der Waals surface area contributed by atoms with Gasteiger partial charge in [0.1, 0.15) is 0 Å². The molecule has 7 heteroatoms. The van der Waals surface area contributed by atoms with Crippen LogP contribution in [0.15, 0.2) is 77.9 Å². The molecule has 0 spiro atoms. The van der Waals surface area contributed by atoms with E-state index in [2.05, 4.69) is 32.7 Å². The summed E-state index contributed by atoms with van der Waals surface area (Å²) in [6, 6.07) is 19.5. The van der Waals surface area contributed by atoms with E-state index in [1.165, 1.54) is 16.3 Å². The van der Waals surface area contributed by atoms with E-state index in [1.54, 1.807) is 12.3 Å². The van der Waals surface area contributed by atoms with Gasteiger partial charge in [-0.25, -0.2) is 14.6 Å². The summed E-state index contributed by atoms with van der Waals surface area (Å²) < 4.78 is 1.53. The predicted octanol–water partition coefficient (Wildman–Crippen LogP) is 2.69. The summed E-state index contributed by atoms with van der Waals surface area (Å²) in [5.74, 6) is 0. The molecule has 1 fully saturated rings. The molecule has 1 aliphatic rings. The van der Waals surface area contributed by atoms with Crippen LogP contribution in [0, 0.1) is 0 Å². The van der Waals surface area contributed by atoms with Gasteiger partial charge in [0, 0.05) is 43.8 Å². The number of anilines is 1. The molecule has 1 atom stereocenters. The number of nitrogens with one attached hydrogen (secondary N) is 2. The summed E-state index contributed by atoms with van der Waals surface area (Å²) in [7, 11) is 0. The van der Waals surface area contributed by atoms with Crippen LogP contribution < -0.4 is 16.3 Å². The SMILES string of the molecule is O=C(Nc1cccc(Cn2cccnc2=O)c1)N[C@@H]1CCN(Cc2ccccc2)C1. The number of hydrogen-bond donors (Lipinski definition) is 2. The van der Waals surface area contributed by atoms with E-state index >= 15 is 0 Å². The maximum absolute atomic E-state index is 12.5. The molecular formula is C23H25N5O2. The standard InChI is InChI=1S/C23H25N5O2/c29-22(26-21-10-13-27(17-21)15-18-6-2-1-3-7-18)25-20-9-4-8-19(14-20)16-28-12-5-11-24-23(28)30/h1-9,11-12,14,21H,10,13,15-17H2,(H2,25,26,29)/t21-/m1/s1. The minimum absolute atomic E-state index is 0.130. The molecule has 0 bridgehead atoms. The largest absolute Gasteiger partial charge is 0.347 e. The van der Waals surface area contributed by atoms with Crippen molar-refractivity contribution in [2.24, 2.45) is 0 Å². The van der Waals surface area contributed by atoms with Gasteiger partial charge in [-0.05, 0) is 35.7 Å². The van der Waals surface area contributed by atoms with Crippen LogP contribution >= 0.6 is 0 Å². The first-order valence-corrected chi connectivity index (χ1v) is 10.1. The first-order chi connectivity index (χ1) is 14.7. The second-order valence-electron chi connectivity index (χ2n) is 7.54. The fourth-order valence-electron chi connectivity index (χ4n) is 3.74. The Labute approximate surface area is 175 Å². The van der Waals surface area contributed by atoms with Gasteiger partial charge in [0.15, 0.2) is 0 Å². The van der Waals surface area contributed by atoms with Gasteiger partial charge in [-0.1, -0.05) is 42.5 Å². The van der Waals surface area contributed by atoms with Crippen molar-refractivity contribution in [2.75, 3.05) is 18.4 Å². The van der Waals surface area contributed by atoms with Crippen molar-refractivity contribution in [3.05, 3.63) is 94.7 Å². The molecule has 2 N–H and O–H groups in total. The molecule has 154 valence electrons. The lowest BCUT2D eigenvalue weighted by atomic mass is 10.2. The van der Waals surface area contributed by atoms with Gasteiger partial charge in [0.2, 0.25) is 0 Å². The van der Waals surface area contributed by atoms with Crippen LogP contribution in [-0.2, 0) is 13.1 Å². The molecule has 0 saturated carbocycles. The molecule has 2 heterocycles. The van der Waals surface area contributed by atoms with E-state index in [9.17, 15) is 9.59 Å². The molecule has 1 saturated heterocycles. The normalized spacial score (nSPS) is 16.3. The Morgan fingerprint density at radius 3 is 2.70 bits per heavy atom. The number of benzene rings is 2. The average molecular weight is 403 g/mol. The number of rotatable bonds is 6. The zero-order valence-corrected chi connectivity index (χ0v) is 16.7. The molecule has 1 aliphatic heterocycles. The monoisotopic (exact) mass is 403 g/mol. The highest BCUT2D eigenvalue weighted by Gasteiger charge is 2.23. The molecule has 0 aliphatic carbocycles. The van der Waals surface area contributed by atoms with Crippen molar-refractivity contribution in [2.45, 2.75) is 25.6 Å². The molecule has 0 radical (unpaired) electrons. The Morgan fingerprint density at radius 2 is 1.87 bits per heavy atom. The van der Waals surface area contributed by atoms with Crippen LogP contribution in [0.1, 0.15) is 17.5 Å². The lowest BCUT2D eigenvalue weighted by molar-refractivity contribution is 0.247. The minimum atomic E-state index is -0.296. The van der Waals surface area contributed by atoms with Gasteiger partial charge >= 0.3 is 11.7 Å². The quantitative estimate of drug-likeness (QED) is 0.663. The Balaban J connectivity index is 1.29. The van der Waals surface area contributed by atoms with Crippen molar-refractivity contribution in [1.29, 1.82) is 0 Å². The summed E-state index contributed by atoms with van der Waals surface area (Å²) >= 11 is 0. The van der Waals surface area contributed by atoms with E-state index in [0.29, 0.717) is 12.2 Å². The maximum Gasteiger partial charge on any atom is 0.347 e. The number of likely N-dealkylation sites (tertiary alicyclic amines) is 1. The summed E-state index contributed by atoms with van der Waals surface area (Å²) in [5.41, 5.74) is 2.60. The molecule has 1 aromatic heterocycles. The van der Waals surface area contributed by atoms with E-state index < -0.39 is 0 Å². The average Bonchev–Trinajstić information content (AvgIpc) is 3.17. The second-order valence-corrected chi connectivity index (χ2v) is 7.54. The van der Waals surface area contributed by atoms with Gasteiger partial charge < -0.3 is 10.6 Å². The topological polar surface area (TPSA) is 79.3 Å². The fourth-order valence-corrected chi connectivity index (χ4v) is 3.74. The molecule has 0 unspecified atom stereocenters. The van der Waals surface area contributed by atoms with Crippen molar-refractivity contribution < 1.29 is 4.79 Å². The summed E-state index contributed by atoms with van der Waals surface area (Å²) in [5, 5.41) is 5.97. The molecule has 2 aromatic carbocycles. The Kier molecular flexibility index (Phi) is 6.20.